The quantitative estimate of drug-likeness (QED) is 0.252. The number of nitrogens with one attached hydrogen (secondary N) is 3. The van der Waals surface area contributed by atoms with Crippen molar-refractivity contribution in [1.29, 1.82) is 0 Å². The van der Waals surface area contributed by atoms with Crippen molar-refractivity contribution >= 4 is 27.4 Å². The summed E-state index contributed by atoms with van der Waals surface area (Å²) in [4.78, 5) is 9.12. The summed E-state index contributed by atoms with van der Waals surface area (Å²) in [5.74, 6) is -0.467. The van der Waals surface area contributed by atoms with Crippen LogP contribution in [0.5, 0.6) is 0 Å². The van der Waals surface area contributed by atoms with E-state index in [4.69, 9.17) is 5.73 Å². The Kier molecular flexibility index (Phi) is 7.34. The number of halogens is 2. The largest absolute Gasteiger partial charge is 0.403 e. The molecule has 0 spiro atoms. The molecule has 0 aliphatic carbocycles. The van der Waals surface area contributed by atoms with Crippen molar-refractivity contribution in [2.45, 2.75) is 13.0 Å². The minimum absolute atomic E-state index is 0.0352. The van der Waals surface area contributed by atoms with Crippen molar-refractivity contribution in [2.75, 3.05) is 25.5 Å². The highest BCUT2D eigenvalue weighted by molar-refractivity contribution is 7.22. The van der Waals surface area contributed by atoms with Crippen molar-refractivity contribution in [1.82, 2.24) is 20.6 Å². The van der Waals surface area contributed by atoms with Gasteiger partial charge in [-0.3, -0.25) is 0 Å². The van der Waals surface area contributed by atoms with Crippen LogP contribution in [0.3, 0.4) is 0 Å². The summed E-state index contributed by atoms with van der Waals surface area (Å²) >= 11 is 1.43. The fourth-order valence-electron chi connectivity index (χ4n) is 3.71. The Morgan fingerprint density at radius 3 is 2.76 bits per heavy atom. The van der Waals surface area contributed by atoms with Crippen LogP contribution >= 0.6 is 11.3 Å². The first kappa shape index (κ1) is 23.6. The summed E-state index contributed by atoms with van der Waals surface area (Å²) < 4.78 is 29.9. The molecular formula is C25H26F2N6S. The number of fused-ring (bicyclic) bond motifs is 1. The summed E-state index contributed by atoms with van der Waals surface area (Å²) in [5, 5.41) is 10.2. The predicted molar refractivity (Wildman–Crippen MR) is 135 cm³/mol. The van der Waals surface area contributed by atoms with Crippen LogP contribution in [0.2, 0.25) is 0 Å². The summed E-state index contributed by atoms with van der Waals surface area (Å²) in [7, 11) is 1.87. The molecule has 0 aliphatic rings. The van der Waals surface area contributed by atoms with Gasteiger partial charge in [0.1, 0.15) is 11.5 Å². The number of hydrogen-bond donors (Lipinski definition) is 4. The van der Waals surface area contributed by atoms with Gasteiger partial charge in [0, 0.05) is 36.2 Å². The minimum atomic E-state index is -0.502. The topological polar surface area (TPSA) is 87.9 Å². The Morgan fingerprint density at radius 1 is 1.12 bits per heavy atom. The fraction of sp³-hybridized carbons (Fsp3) is 0.200. The predicted octanol–water partition coefficient (Wildman–Crippen LogP) is 5.02. The molecule has 176 valence electrons. The highest BCUT2D eigenvalue weighted by atomic mass is 32.1. The van der Waals surface area contributed by atoms with E-state index in [1.165, 1.54) is 29.8 Å². The SMILES string of the molecule is CNC(C)c1ccc(F)cc1-c1cccc2cc(-c3nc(NCCN/C=C\N)ncc3F)sc12. The molecule has 0 amide bonds. The maximum Gasteiger partial charge on any atom is 0.223 e. The highest BCUT2D eigenvalue weighted by Crippen LogP contribution is 2.41. The second-order valence-corrected chi connectivity index (χ2v) is 8.76. The fourth-order valence-corrected chi connectivity index (χ4v) is 4.89. The zero-order valence-corrected chi connectivity index (χ0v) is 19.7. The van der Waals surface area contributed by atoms with E-state index in [0.29, 0.717) is 23.9 Å². The third kappa shape index (κ3) is 5.00. The van der Waals surface area contributed by atoms with E-state index in [1.807, 2.05) is 38.2 Å². The molecule has 5 N–H and O–H groups in total. The van der Waals surface area contributed by atoms with Crippen LogP contribution in [0.4, 0.5) is 14.7 Å². The Morgan fingerprint density at radius 2 is 1.97 bits per heavy atom. The second-order valence-electron chi connectivity index (χ2n) is 7.71. The monoisotopic (exact) mass is 480 g/mol. The molecular weight excluding hydrogens is 454 g/mol. The first-order chi connectivity index (χ1) is 16.5. The lowest BCUT2D eigenvalue weighted by Crippen LogP contribution is -2.18. The third-order valence-corrected chi connectivity index (χ3v) is 6.68. The molecule has 6 nitrogen and oxygen atoms in total. The van der Waals surface area contributed by atoms with Gasteiger partial charge in [0.25, 0.3) is 0 Å². The van der Waals surface area contributed by atoms with Gasteiger partial charge < -0.3 is 21.7 Å². The van der Waals surface area contributed by atoms with E-state index < -0.39 is 5.82 Å². The van der Waals surface area contributed by atoms with Gasteiger partial charge in [0.15, 0.2) is 5.82 Å². The maximum absolute atomic E-state index is 14.7. The number of thiophene rings is 1. The van der Waals surface area contributed by atoms with Gasteiger partial charge in [-0.05, 0) is 54.2 Å². The van der Waals surface area contributed by atoms with Crippen LogP contribution < -0.4 is 21.7 Å². The molecule has 4 rings (SSSR count). The summed E-state index contributed by atoms with van der Waals surface area (Å²) in [6.45, 7) is 3.18. The van der Waals surface area contributed by atoms with Crippen LogP contribution in [0.15, 0.2) is 61.1 Å². The molecule has 2 aromatic heterocycles. The Labute approximate surface area is 200 Å². The summed E-state index contributed by atoms with van der Waals surface area (Å²) in [5.41, 5.74) is 8.21. The van der Waals surface area contributed by atoms with Crippen LogP contribution in [0, 0.1) is 11.6 Å². The number of benzene rings is 2. The molecule has 34 heavy (non-hydrogen) atoms. The number of rotatable bonds is 9. The number of nitrogens with two attached hydrogens (primary N) is 1. The number of aromatic nitrogens is 2. The summed E-state index contributed by atoms with van der Waals surface area (Å²) in [6.07, 6.45) is 4.21. The first-order valence-corrected chi connectivity index (χ1v) is 11.7. The van der Waals surface area contributed by atoms with Gasteiger partial charge in [-0.25, -0.2) is 18.7 Å². The van der Waals surface area contributed by atoms with Gasteiger partial charge in [0.05, 0.1) is 11.1 Å². The first-order valence-electron chi connectivity index (χ1n) is 10.9. The Balaban J connectivity index is 1.73. The number of nitrogens with zero attached hydrogens (tertiary/aromatic N) is 2. The van der Waals surface area contributed by atoms with Crippen LogP contribution in [-0.2, 0) is 0 Å². The van der Waals surface area contributed by atoms with E-state index in [9.17, 15) is 8.78 Å². The Hall–Kier alpha value is -3.56. The summed E-state index contributed by atoms with van der Waals surface area (Å²) in [6, 6.07) is 12.6. The smallest absolute Gasteiger partial charge is 0.223 e. The van der Waals surface area contributed by atoms with Crippen LogP contribution in [0.1, 0.15) is 18.5 Å². The third-order valence-electron chi connectivity index (χ3n) is 5.49. The van der Waals surface area contributed by atoms with Crippen molar-refractivity contribution in [3.05, 3.63) is 78.3 Å². The molecule has 0 bridgehead atoms. The highest BCUT2D eigenvalue weighted by Gasteiger charge is 2.18. The zero-order chi connectivity index (χ0) is 24.1. The molecule has 9 heteroatoms. The number of hydrogen-bond acceptors (Lipinski definition) is 7. The average Bonchev–Trinajstić information content (AvgIpc) is 3.28. The van der Waals surface area contributed by atoms with Gasteiger partial charge in [-0.2, -0.15) is 0 Å². The normalized spacial score (nSPS) is 12.4. The number of anilines is 1. The van der Waals surface area contributed by atoms with Gasteiger partial charge in [-0.1, -0.05) is 24.3 Å². The van der Waals surface area contributed by atoms with E-state index >= 15 is 0 Å². The second kappa shape index (κ2) is 10.6. The molecule has 0 saturated heterocycles. The van der Waals surface area contributed by atoms with E-state index in [1.54, 1.807) is 18.3 Å². The van der Waals surface area contributed by atoms with Crippen molar-refractivity contribution in [3.63, 3.8) is 0 Å². The van der Waals surface area contributed by atoms with Crippen LogP contribution in [0.25, 0.3) is 31.8 Å². The van der Waals surface area contributed by atoms with E-state index in [0.717, 1.165) is 26.8 Å². The maximum atomic E-state index is 14.7. The van der Waals surface area contributed by atoms with Crippen molar-refractivity contribution in [2.24, 2.45) is 5.73 Å². The van der Waals surface area contributed by atoms with Gasteiger partial charge in [-0.15, -0.1) is 11.3 Å². The molecule has 1 atom stereocenters. The van der Waals surface area contributed by atoms with Gasteiger partial charge in [0.2, 0.25) is 5.95 Å². The molecule has 2 aromatic carbocycles. The van der Waals surface area contributed by atoms with E-state index in [-0.39, 0.29) is 17.6 Å². The zero-order valence-electron chi connectivity index (χ0n) is 18.9. The molecule has 0 radical (unpaired) electrons. The van der Waals surface area contributed by atoms with Crippen LogP contribution in [-0.4, -0.2) is 30.1 Å². The lowest BCUT2D eigenvalue weighted by atomic mass is 9.94. The molecule has 0 fully saturated rings. The Bertz CT molecular complexity index is 1320. The van der Waals surface area contributed by atoms with E-state index in [2.05, 4.69) is 25.9 Å². The standard InChI is InChI=1S/C25H26F2N6S/c1-15(29-2)18-7-6-17(26)13-20(18)19-5-3-4-16-12-22(34-24(16)19)23-21(27)14-32-25(33-23)31-11-10-30-9-8-28/h3-9,12-15,29-30H,10-11,28H2,1-2H3,(H,31,32,33)/b9-8-. The lowest BCUT2D eigenvalue weighted by Gasteiger charge is -2.17. The van der Waals surface area contributed by atoms with Crippen molar-refractivity contribution in [3.8, 4) is 21.7 Å². The molecule has 4 aromatic rings. The molecule has 1 unspecified atom stereocenters. The minimum Gasteiger partial charge on any atom is -0.403 e. The van der Waals surface area contributed by atoms with Gasteiger partial charge >= 0.3 is 0 Å². The van der Waals surface area contributed by atoms with Crippen molar-refractivity contribution < 1.29 is 8.78 Å². The molecule has 2 heterocycles. The molecule has 0 aliphatic heterocycles. The molecule has 0 saturated carbocycles. The lowest BCUT2D eigenvalue weighted by molar-refractivity contribution is 0.619. The average molecular weight is 481 g/mol.